The lowest BCUT2D eigenvalue weighted by molar-refractivity contribution is -0.139. The maximum Gasteiger partial charge on any atom is 0.417 e. The van der Waals surface area contributed by atoms with Crippen LogP contribution < -0.4 is 10.0 Å². The van der Waals surface area contributed by atoms with E-state index in [0.717, 1.165) is 38.3 Å². The average molecular weight is 372 g/mol. The second-order valence-corrected chi connectivity index (χ2v) is 7.30. The zero-order valence-electron chi connectivity index (χ0n) is 12.2. The van der Waals surface area contributed by atoms with E-state index >= 15 is 0 Å². The minimum atomic E-state index is -4.80. The van der Waals surface area contributed by atoms with Gasteiger partial charge in [0.25, 0.3) is 0 Å². The summed E-state index contributed by atoms with van der Waals surface area (Å²) in [6, 6.07) is 2.62. The van der Waals surface area contributed by atoms with E-state index in [9.17, 15) is 21.6 Å². The van der Waals surface area contributed by atoms with Crippen molar-refractivity contribution in [2.24, 2.45) is 0 Å². The van der Waals surface area contributed by atoms with Gasteiger partial charge in [0.15, 0.2) is 0 Å². The van der Waals surface area contributed by atoms with Crippen LogP contribution in [0, 0.1) is 0 Å². The third-order valence-electron chi connectivity index (χ3n) is 3.47. The van der Waals surface area contributed by atoms with E-state index < -0.39 is 26.7 Å². The zero-order chi connectivity index (χ0) is 17.1. The lowest BCUT2D eigenvalue weighted by atomic mass is 10.2. The Morgan fingerprint density at radius 1 is 1.26 bits per heavy atom. The molecule has 1 aliphatic heterocycles. The second-order valence-electron chi connectivity index (χ2n) is 5.13. The van der Waals surface area contributed by atoms with Crippen LogP contribution >= 0.6 is 11.6 Å². The van der Waals surface area contributed by atoms with Gasteiger partial charge in [0.2, 0.25) is 10.0 Å². The molecule has 0 amide bonds. The van der Waals surface area contributed by atoms with E-state index in [1.807, 2.05) is 4.90 Å². The minimum Gasteiger partial charge on any atom is -0.314 e. The number of halogens is 4. The number of benzene rings is 1. The van der Waals surface area contributed by atoms with Crippen LogP contribution in [0.25, 0.3) is 0 Å². The van der Waals surface area contributed by atoms with Crippen LogP contribution in [0.5, 0.6) is 0 Å². The molecule has 1 saturated heterocycles. The van der Waals surface area contributed by atoms with Gasteiger partial charge in [-0.15, -0.1) is 0 Å². The van der Waals surface area contributed by atoms with Crippen molar-refractivity contribution in [2.45, 2.75) is 11.1 Å². The Balaban J connectivity index is 2.10. The van der Waals surface area contributed by atoms with Gasteiger partial charge < -0.3 is 5.32 Å². The standard InChI is InChI=1S/C13H17ClF3N3O2S/c14-10-1-2-12(11(9-10)13(15,16)17)23(21,22)19-5-8-20-6-3-18-4-7-20/h1-2,9,18-19H,3-8H2. The topological polar surface area (TPSA) is 61.4 Å². The van der Waals surface area contributed by atoms with Gasteiger partial charge in [-0.2, -0.15) is 13.2 Å². The Morgan fingerprint density at radius 3 is 2.52 bits per heavy atom. The van der Waals surface area contributed by atoms with Crippen molar-refractivity contribution < 1.29 is 21.6 Å². The number of piperazine rings is 1. The molecule has 0 aromatic heterocycles. The van der Waals surface area contributed by atoms with Gasteiger partial charge in [0.05, 0.1) is 10.5 Å². The lowest BCUT2D eigenvalue weighted by Crippen LogP contribution is -2.46. The molecule has 1 fully saturated rings. The maximum atomic E-state index is 13.0. The van der Waals surface area contributed by atoms with Gasteiger partial charge in [0.1, 0.15) is 0 Å². The predicted molar refractivity (Wildman–Crippen MR) is 81.0 cm³/mol. The number of nitrogens with zero attached hydrogens (tertiary/aromatic N) is 1. The first-order valence-corrected chi connectivity index (χ1v) is 8.86. The minimum absolute atomic E-state index is 0.0439. The summed E-state index contributed by atoms with van der Waals surface area (Å²) in [6.07, 6.45) is -4.80. The first-order chi connectivity index (χ1) is 10.7. The third kappa shape index (κ3) is 5.05. The van der Waals surface area contributed by atoms with E-state index in [-0.39, 0.29) is 11.6 Å². The highest BCUT2D eigenvalue weighted by atomic mass is 35.5. The summed E-state index contributed by atoms with van der Waals surface area (Å²) in [5.41, 5.74) is -1.26. The molecular formula is C13H17ClF3N3O2S. The molecule has 1 aliphatic rings. The van der Waals surface area contributed by atoms with Gasteiger partial charge >= 0.3 is 6.18 Å². The van der Waals surface area contributed by atoms with Crippen molar-refractivity contribution in [3.63, 3.8) is 0 Å². The fourth-order valence-corrected chi connectivity index (χ4v) is 3.71. The normalized spacial score (nSPS) is 17.4. The molecule has 0 radical (unpaired) electrons. The molecule has 0 unspecified atom stereocenters. The fourth-order valence-electron chi connectivity index (χ4n) is 2.31. The summed E-state index contributed by atoms with van der Waals surface area (Å²) in [5, 5.41) is 2.99. The van der Waals surface area contributed by atoms with Gasteiger partial charge in [0, 0.05) is 44.3 Å². The first-order valence-electron chi connectivity index (χ1n) is 6.99. The molecular weight excluding hydrogens is 355 g/mol. The second kappa shape index (κ2) is 7.35. The molecule has 1 aromatic rings. The highest BCUT2D eigenvalue weighted by molar-refractivity contribution is 7.89. The number of hydrogen-bond donors (Lipinski definition) is 2. The van der Waals surface area contributed by atoms with Gasteiger partial charge in [-0.1, -0.05) is 11.6 Å². The molecule has 0 atom stereocenters. The van der Waals surface area contributed by atoms with Crippen molar-refractivity contribution in [1.29, 1.82) is 0 Å². The van der Waals surface area contributed by atoms with Crippen molar-refractivity contribution in [2.75, 3.05) is 39.3 Å². The molecule has 2 rings (SSSR count). The molecule has 0 saturated carbocycles. The Bertz CT molecular complexity index is 646. The Kier molecular flexibility index (Phi) is 5.90. The van der Waals surface area contributed by atoms with E-state index in [0.29, 0.717) is 12.6 Å². The Labute approximate surface area is 137 Å². The van der Waals surface area contributed by atoms with E-state index in [1.54, 1.807) is 0 Å². The number of alkyl halides is 3. The summed E-state index contributed by atoms with van der Waals surface area (Å²) in [4.78, 5) is 1.22. The highest BCUT2D eigenvalue weighted by Crippen LogP contribution is 2.35. The predicted octanol–water partition coefficient (Wildman–Crippen LogP) is 1.54. The fraction of sp³-hybridized carbons (Fsp3) is 0.538. The molecule has 0 aliphatic carbocycles. The van der Waals surface area contributed by atoms with Crippen molar-refractivity contribution in [3.05, 3.63) is 28.8 Å². The lowest BCUT2D eigenvalue weighted by Gasteiger charge is -2.27. The molecule has 130 valence electrons. The smallest absolute Gasteiger partial charge is 0.314 e. The molecule has 5 nitrogen and oxygen atoms in total. The van der Waals surface area contributed by atoms with Gasteiger partial charge in [-0.25, -0.2) is 13.1 Å². The molecule has 0 spiro atoms. The summed E-state index contributed by atoms with van der Waals surface area (Å²) in [5.74, 6) is 0. The Morgan fingerprint density at radius 2 is 1.91 bits per heavy atom. The monoisotopic (exact) mass is 371 g/mol. The summed E-state index contributed by atoms with van der Waals surface area (Å²) < 4.78 is 65.6. The molecule has 0 bridgehead atoms. The maximum absolute atomic E-state index is 13.0. The number of sulfonamides is 1. The molecule has 1 aromatic carbocycles. The van der Waals surface area contributed by atoms with Crippen molar-refractivity contribution in [1.82, 2.24) is 14.9 Å². The molecule has 1 heterocycles. The Hall–Kier alpha value is -0.870. The summed E-state index contributed by atoms with van der Waals surface area (Å²) >= 11 is 5.55. The average Bonchev–Trinajstić information content (AvgIpc) is 2.47. The van der Waals surface area contributed by atoms with Crippen molar-refractivity contribution >= 4 is 21.6 Å². The van der Waals surface area contributed by atoms with E-state index in [4.69, 9.17) is 11.6 Å². The van der Waals surface area contributed by atoms with Gasteiger partial charge in [-0.3, -0.25) is 4.90 Å². The first kappa shape index (κ1) is 18.5. The van der Waals surface area contributed by atoms with Crippen LogP contribution in [0.4, 0.5) is 13.2 Å². The highest BCUT2D eigenvalue weighted by Gasteiger charge is 2.37. The number of hydrogen-bond acceptors (Lipinski definition) is 4. The zero-order valence-corrected chi connectivity index (χ0v) is 13.7. The molecule has 10 heteroatoms. The molecule has 23 heavy (non-hydrogen) atoms. The third-order valence-corrected chi connectivity index (χ3v) is 5.22. The van der Waals surface area contributed by atoms with Crippen LogP contribution in [-0.4, -0.2) is 52.6 Å². The number of rotatable bonds is 5. The van der Waals surface area contributed by atoms with Crippen LogP contribution in [0.1, 0.15) is 5.56 Å². The summed E-state index contributed by atoms with van der Waals surface area (Å²) in [7, 11) is -4.26. The largest absolute Gasteiger partial charge is 0.417 e. The SMILES string of the molecule is O=S(=O)(NCCN1CCNCC1)c1ccc(Cl)cc1C(F)(F)F. The van der Waals surface area contributed by atoms with E-state index in [1.165, 1.54) is 0 Å². The molecule has 2 N–H and O–H groups in total. The van der Waals surface area contributed by atoms with Crippen molar-refractivity contribution in [3.8, 4) is 0 Å². The van der Waals surface area contributed by atoms with E-state index in [2.05, 4.69) is 10.0 Å². The van der Waals surface area contributed by atoms with Gasteiger partial charge in [-0.05, 0) is 18.2 Å². The number of nitrogens with one attached hydrogen (secondary N) is 2. The van der Waals surface area contributed by atoms with Crippen LogP contribution in [-0.2, 0) is 16.2 Å². The van der Waals surface area contributed by atoms with Crippen LogP contribution in [0.15, 0.2) is 23.1 Å². The quantitative estimate of drug-likeness (QED) is 0.824. The summed E-state index contributed by atoms with van der Waals surface area (Å²) in [6.45, 7) is 3.65. The van der Waals surface area contributed by atoms with Crippen LogP contribution in [0.2, 0.25) is 5.02 Å². The van der Waals surface area contributed by atoms with Crippen LogP contribution in [0.3, 0.4) is 0 Å².